The number of amides is 1. The van der Waals surface area contributed by atoms with Crippen molar-refractivity contribution in [1.29, 1.82) is 0 Å². The maximum Gasteiger partial charge on any atom is 0.223 e. The van der Waals surface area contributed by atoms with Crippen molar-refractivity contribution in [3.8, 4) is 11.5 Å². The molecule has 1 aromatic carbocycles. The second-order valence-electron chi connectivity index (χ2n) is 4.93. The largest absolute Gasteiger partial charge is 0.493 e. The van der Waals surface area contributed by atoms with Crippen LogP contribution in [0.25, 0.3) is 0 Å². The number of ether oxygens (including phenoxy) is 2. The minimum Gasteiger partial charge on any atom is -0.493 e. The fraction of sp³-hybridized carbons (Fsp3) is 0.533. The van der Waals surface area contributed by atoms with E-state index in [4.69, 9.17) is 9.47 Å². The average molecular weight is 278 g/mol. The minimum atomic E-state index is 0.136. The van der Waals surface area contributed by atoms with Crippen LogP contribution in [0.2, 0.25) is 0 Å². The summed E-state index contributed by atoms with van der Waals surface area (Å²) in [7, 11) is 3.21. The number of carbonyl (C=O) groups excluding carboxylic acids is 1. The first kappa shape index (κ1) is 14.7. The van der Waals surface area contributed by atoms with Gasteiger partial charge < -0.3 is 20.1 Å². The molecule has 1 saturated heterocycles. The number of hydrogen-bond acceptors (Lipinski definition) is 4. The summed E-state index contributed by atoms with van der Waals surface area (Å²) in [5.41, 5.74) is 1.00. The van der Waals surface area contributed by atoms with E-state index in [1.807, 2.05) is 18.2 Å². The molecule has 1 fully saturated rings. The monoisotopic (exact) mass is 278 g/mol. The van der Waals surface area contributed by atoms with Gasteiger partial charge in [0.2, 0.25) is 5.91 Å². The number of nitrogens with one attached hydrogen (secondary N) is 2. The van der Waals surface area contributed by atoms with Crippen molar-refractivity contribution < 1.29 is 14.3 Å². The first-order valence-electron chi connectivity index (χ1n) is 6.94. The Kier molecular flexibility index (Phi) is 5.24. The van der Waals surface area contributed by atoms with E-state index < -0.39 is 0 Å². The predicted molar refractivity (Wildman–Crippen MR) is 77.0 cm³/mol. The quantitative estimate of drug-likeness (QED) is 0.853. The lowest BCUT2D eigenvalue weighted by Crippen LogP contribution is -2.37. The van der Waals surface area contributed by atoms with Gasteiger partial charge in [-0.05, 0) is 43.6 Å². The highest BCUT2D eigenvalue weighted by molar-refractivity contribution is 5.78. The SMILES string of the molecule is COc1ccc(CNC(=O)C2CCNCC2)cc1OC. The molecule has 1 amide bonds. The highest BCUT2D eigenvalue weighted by atomic mass is 16.5. The summed E-state index contributed by atoms with van der Waals surface area (Å²) in [6.45, 7) is 2.37. The predicted octanol–water partition coefficient (Wildman–Crippen LogP) is 1.32. The Balaban J connectivity index is 1.91. The first-order valence-corrected chi connectivity index (χ1v) is 6.94. The maximum absolute atomic E-state index is 12.1. The van der Waals surface area contributed by atoms with Crippen molar-refractivity contribution in [2.45, 2.75) is 19.4 Å². The molecule has 0 aliphatic carbocycles. The molecule has 1 aliphatic rings. The van der Waals surface area contributed by atoms with Crippen LogP contribution >= 0.6 is 0 Å². The number of carbonyl (C=O) groups is 1. The molecule has 1 heterocycles. The van der Waals surface area contributed by atoms with Crippen LogP contribution in [0.3, 0.4) is 0 Å². The van der Waals surface area contributed by atoms with Gasteiger partial charge in [-0.25, -0.2) is 0 Å². The van der Waals surface area contributed by atoms with E-state index in [2.05, 4.69) is 10.6 Å². The number of rotatable bonds is 5. The third-order valence-corrected chi connectivity index (χ3v) is 3.62. The molecule has 0 unspecified atom stereocenters. The normalized spacial score (nSPS) is 15.7. The van der Waals surface area contributed by atoms with Crippen LogP contribution in [0.4, 0.5) is 0 Å². The smallest absolute Gasteiger partial charge is 0.223 e. The average Bonchev–Trinajstić information content (AvgIpc) is 2.53. The minimum absolute atomic E-state index is 0.136. The zero-order chi connectivity index (χ0) is 14.4. The zero-order valence-electron chi connectivity index (χ0n) is 12.1. The summed E-state index contributed by atoms with van der Waals surface area (Å²) >= 11 is 0. The van der Waals surface area contributed by atoms with Crippen molar-refractivity contribution in [1.82, 2.24) is 10.6 Å². The van der Waals surface area contributed by atoms with Gasteiger partial charge in [-0.15, -0.1) is 0 Å². The highest BCUT2D eigenvalue weighted by Gasteiger charge is 2.20. The third-order valence-electron chi connectivity index (χ3n) is 3.62. The molecule has 1 aliphatic heterocycles. The van der Waals surface area contributed by atoms with Gasteiger partial charge in [-0.1, -0.05) is 6.07 Å². The van der Waals surface area contributed by atoms with E-state index in [9.17, 15) is 4.79 Å². The van der Waals surface area contributed by atoms with Gasteiger partial charge in [0.25, 0.3) is 0 Å². The summed E-state index contributed by atoms with van der Waals surface area (Å²) in [6, 6.07) is 5.68. The summed E-state index contributed by atoms with van der Waals surface area (Å²) in [6.07, 6.45) is 1.83. The topological polar surface area (TPSA) is 59.6 Å². The fourth-order valence-electron chi connectivity index (χ4n) is 2.41. The Hall–Kier alpha value is -1.75. The highest BCUT2D eigenvalue weighted by Crippen LogP contribution is 2.27. The molecule has 0 spiro atoms. The zero-order valence-corrected chi connectivity index (χ0v) is 12.1. The second-order valence-corrected chi connectivity index (χ2v) is 4.93. The molecular weight excluding hydrogens is 256 g/mol. The van der Waals surface area contributed by atoms with E-state index in [0.29, 0.717) is 18.0 Å². The Morgan fingerprint density at radius 3 is 2.60 bits per heavy atom. The van der Waals surface area contributed by atoms with Crippen LogP contribution < -0.4 is 20.1 Å². The van der Waals surface area contributed by atoms with E-state index in [-0.39, 0.29) is 11.8 Å². The Bertz CT molecular complexity index is 456. The van der Waals surface area contributed by atoms with Crippen LogP contribution in [-0.2, 0) is 11.3 Å². The van der Waals surface area contributed by atoms with E-state index in [0.717, 1.165) is 31.5 Å². The maximum atomic E-state index is 12.1. The number of hydrogen-bond donors (Lipinski definition) is 2. The van der Waals surface area contributed by atoms with Gasteiger partial charge in [0.1, 0.15) is 0 Å². The van der Waals surface area contributed by atoms with Crippen LogP contribution in [0, 0.1) is 5.92 Å². The molecular formula is C15H22N2O3. The summed E-state index contributed by atoms with van der Waals surface area (Å²) < 4.78 is 10.4. The molecule has 5 nitrogen and oxygen atoms in total. The van der Waals surface area contributed by atoms with Crippen LogP contribution in [-0.4, -0.2) is 33.2 Å². The van der Waals surface area contributed by atoms with Crippen molar-refractivity contribution in [2.24, 2.45) is 5.92 Å². The summed E-state index contributed by atoms with van der Waals surface area (Å²) in [5, 5.41) is 6.26. The molecule has 1 aromatic rings. The number of methoxy groups -OCH3 is 2. The van der Waals surface area contributed by atoms with Crippen molar-refractivity contribution in [2.75, 3.05) is 27.3 Å². The van der Waals surface area contributed by atoms with Gasteiger partial charge in [0.05, 0.1) is 14.2 Å². The van der Waals surface area contributed by atoms with Crippen molar-refractivity contribution >= 4 is 5.91 Å². The molecule has 0 atom stereocenters. The van der Waals surface area contributed by atoms with Crippen LogP contribution in [0.5, 0.6) is 11.5 Å². The number of benzene rings is 1. The molecule has 0 radical (unpaired) electrons. The van der Waals surface area contributed by atoms with Gasteiger partial charge in [-0.3, -0.25) is 4.79 Å². The lowest BCUT2D eigenvalue weighted by atomic mass is 9.97. The second kappa shape index (κ2) is 7.14. The summed E-state index contributed by atoms with van der Waals surface area (Å²) in [5.74, 6) is 1.65. The molecule has 0 saturated carbocycles. The standard InChI is InChI=1S/C15H22N2O3/c1-19-13-4-3-11(9-14(13)20-2)10-17-15(18)12-5-7-16-8-6-12/h3-4,9,12,16H,5-8,10H2,1-2H3,(H,17,18). The summed E-state index contributed by atoms with van der Waals surface area (Å²) in [4.78, 5) is 12.1. The molecule has 0 bridgehead atoms. The first-order chi connectivity index (χ1) is 9.74. The Morgan fingerprint density at radius 2 is 1.95 bits per heavy atom. The van der Waals surface area contributed by atoms with E-state index in [1.165, 1.54) is 0 Å². The van der Waals surface area contributed by atoms with Gasteiger partial charge in [0.15, 0.2) is 11.5 Å². The molecule has 110 valence electrons. The fourth-order valence-corrected chi connectivity index (χ4v) is 2.41. The van der Waals surface area contributed by atoms with Crippen LogP contribution in [0.1, 0.15) is 18.4 Å². The van der Waals surface area contributed by atoms with Gasteiger partial charge >= 0.3 is 0 Å². The lowest BCUT2D eigenvalue weighted by Gasteiger charge is -2.21. The molecule has 2 N–H and O–H groups in total. The van der Waals surface area contributed by atoms with E-state index >= 15 is 0 Å². The molecule has 20 heavy (non-hydrogen) atoms. The van der Waals surface area contributed by atoms with Gasteiger partial charge in [0, 0.05) is 12.5 Å². The van der Waals surface area contributed by atoms with Crippen molar-refractivity contribution in [3.63, 3.8) is 0 Å². The Morgan fingerprint density at radius 1 is 1.25 bits per heavy atom. The molecule has 2 rings (SSSR count). The third kappa shape index (κ3) is 3.63. The molecule has 0 aromatic heterocycles. The van der Waals surface area contributed by atoms with Crippen LogP contribution in [0.15, 0.2) is 18.2 Å². The van der Waals surface area contributed by atoms with Gasteiger partial charge in [-0.2, -0.15) is 0 Å². The number of piperidine rings is 1. The lowest BCUT2D eigenvalue weighted by molar-refractivity contribution is -0.125. The molecule has 5 heteroatoms. The van der Waals surface area contributed by atoms with Crippen molar-refractivity contribution in [3.05, 3.63) is 23.8 Å². The Labute approximate surface area is 119 Å². The van der Waals surface area contributed by atoms with E-state index in [1.54, 1.807) is 14.2 Å².